The van der Waals surface area contributed by atoms with Gasteiger partial charge in [0.1, 0.15) is 16.3 Å². The van der Waals surface area contributed by atoms with Crippen LogP contribution in [0.5, 0.6) is 0 Å². The monoisotopic (exact) mass is 409 g/mol. The van der Waals surface area contributed by atoms with Gasteiger partial charge in [-0.2, -0.15) is 18.3 Å². The van der Waals surface area contributed by atoms with Crippen molar-refractivity contribution in [2.75, 3.05) is 5.32 Å². The topological polar surface area (TPSA) is 46.9 Å². The number of rotatable bonds is 2. The molecule has 0 saturated carbocycles. The zero-order valence-corrected chi connectivity index (χ0v) is 13.2. The number of hydrogen-bond donors (Lipinski definition) is 1. The molecule has 0 atom stereocenters. The van der Waals surface area contributed by atoms with Crippen LogP contribution in [0.2, 0.25) is 10.2 Å². The molecular formula is C12H4Cl2F7N3O. The molecule has 0 spiro atoms. The second-order valence-electron chi connectivity index (χ2n) is 4.52. The molecule has 0 saturated heterocycles. The van der Waals surface area contributed by atoms with Gasteiger partial charge in [-0.15, -0.1) is 0 Å². The molecule has 2 rings (SSSR count). The summed E-state index contributed by atoms with van der Waals surface area (Å²) in [5.74, 6) is -11.7. The number of carbonyl (C=O) groups excluding carboxylic acids is 1. The smallest absolute Gasteiger partial charge is 0.310 e. The lowest BCUT2D eigenvalue weighted by atomic mass is 10.1. The Hall–Kier alpha value is -2.01. The number of nitrogens with one attached hydrogen (secondary N) is 1. The first-order valence-corrected chi connectivity index (χ1v) is 6.78. The van der Waals surface area contributed by atoms with Crippen molar-refractivity contribution in [1.82, 2.24) is 9.78 Å². The highest BCUT2D eigenvalue weighted by Crippen LogP contribution is 2.40. The lowest BCUT2D eigenvalue weighted by Gasteiger charge is -2.15. The average molecular weight is 410 g/mol. The van der Waals surface area contributed by atoms with Crippen molar-refractivity contribution in [3.05, 3.63) is 39.0 Å². The van der Waals surface area contributed by atoms with Crippen molar-refractivity contribution in [2.45, 2.75) is 13.1 Å². The molecule has 25 heavy (non-hydrogen) atoms. The molecule has 2 aromatic rings. The number of carbonyl (C=O) groups is 1. The summed E-state index contributed by atoms with van der Waals surface area (Å²) in [6.45, 7) is 0.947. The maximum atomic E-state index is 14.0. The molecule has 13 heteroatoms. The summed E-state index contributed by atoms with van der Waals surface area (Å²) in [4.78, 5) is 11.1. The Bertz CT molecular complexity index is 850. The predicted octanol–water partition coefficient (Wildman–Crippen LogP) is 4.71. The zero-order chi connectivity index (χ0) is 19.3. The fourth-order valence-electron chi connectivity index (χ4n) is 1.86. The molecule has 4 nitrogen and oxygen atoms in total. The summed E-state index contributed by atoms with van der Waals surface area (Å²) in [7, 11) is 0. The van der Waals surface area contributed by atoms with Gasteiger partial charge >= 0.3 is 6.18 Å². The Morgan fingerprint density at radius 2 is 1.52 bits per heavy atom. The summed E-state index contributed by atoms with van der Waals surface area (Å²) in [6.07, 6.45) is -5.70. The largest absolute Gasteiger partial charge is 0.422 e. The van der Waals surface area contributed by atoms with Crippen LogP contribution in [-0.2, 0) is 11.0 Å². The Morgan fingerprint density at radius 1 is 1.04 bits per heavy atom. The van der Waals surface area contributed by atoms with E-state index >= 15 is 0 Å². The summed E-state index contributed by atoms with van der Waals surface area (Å²) < 4.78 is 93.3. The van der Waals surface area contributed by atoms with E-state index < -0.39 is 62.6 Å². The highest BCUT2D eigenvalue weighted by molar-refractivity contribution is 6.43. The fourth-order valence-corrected chi connectivity index (χ4v) is 2.19. The number of alkyl halides is 3. The average Bonchev–Trinajstić information content (AvgIpc) is 2.72. The van der Waals surface area contributed by atoms with Crippen molar-refractivity contribution in [2.24, 2.45) is 0 Å². The normalized spacial score (nSPS) is 11.8. The highest BCUT2D eigenvalue weighted by atomic mass is 35.5. The molecule has 0 unspecified atom stereocenters. The minimum absolute atomic E-state index is 0.0447. The molecule has 1 heterocycles. The van der Waals surface area contributed by atoms with Crippen molar-refractivity contribution >= 4 is 34.9 Å². The quantitative estimate of drug-likeness (QED) is 0.576. The van der Waals surface area contributed by atoms with Crippen LogP contribution in [0, 0.1) is 23.3 Å². The van der Waals surface area contributed by atoms with Crippen LogP contribution < -0.4 is 5.32 Å². The van der Waals surface area contributed by atoms with Gasteiger partial charge in [-0.3, -0.25) is 4.79 Å². The van der Waals surface area contributed by atoms with Crippen molar-refractivity contribution in [3.63, 3.8) is 0 Å². The van der Waals surface area contributed by atoms with E-state index in [1.807, 2.05) is 5.32 Å². The van der Waals surface area contributed by atoms with E-state index in [4.69, 9.17) is 23.2 Å². The second-order valence-corrected chi connectivity index (χ2v) is 5.26. The Morgan fingerprint density at radius 3 is 1.92 bits per heavy atom. The van der Waals surface area contributed by atoms with Crippen molar-refractivity contribution in [3.8, 4) is 5.69 Å². The Labute approximate surface area is 144 Å². The van der Waals surface area contributed by atoms with Gasteiger partial charge in [0.05, 0.1) is 0 Å². The lowest BCUT2D eigenvalue weighted by Crippen LogP contribution is -2.19. The summed E-state index contributed by atoms with van der Waals surface area (Å²) >= 11 is 11.2. The Kier molecular flexibility index (Phi) is 4.92. The lowest BCUT2D eigenvalue weighted by molar-refractivity contribution is -0.143. The molecule has 0 aliphatic heterocycles. The highest BCUT2D eigenvalue weighted by Gasteiger charge is 2.43. The van der Waals surface area contributed by atoms with Crippen LogP contribution in [0.3, 0.4) is 0 Å². The maximum Gasteiger partial charge on any atom is 0.422 e. The molecule has 1 amide bonds. The Balaban J connectivity index is 2.87. The predicted molar refractivity (Wildman–Crippen MR) is 72.7 cm³/mol. The molecule has 0 aliphatic carbocycles. The molecule has 0 radical (unpaired) electrons. The number of halogens is 9. The van der Waals surface area contributed by atoms with Crippen LogP contribution in [-0.4, -0.2) is 15.7 Å². The van der Waals surface area contributed by atoms with Crippen molar-refractivity contribution < 1.29 is 35.5 Å². The van der Waals surface area contributed by atoms with Gasteiger partial charge in [-0.1, -0.05) is 23.2 Å². The molecule has 1 aromatic carbocycles. The first-order valence-electron chi connectivity index (χ1n) is 6.03. The van der Waals surface area contributed by atoms with Gasteiger partial charge in [0.15, 0.2) is 34.2 Å². The molecule has 136 valence electrons. The molecule has 0 aliphatic rings. The number of amides is 1. The SMILES string of the molecule is CC(=O)Nc1c(Cl)c(Cl)nn1-c1c(F)c(F)c(C(F)(F)F)c(F)c1F. The van der Waals surface area contributed by atoms with Gasteiger partial charge in [0, 0.05) is 6.92 Å². The number of aromatic nitrogens is 2. The molecule has 1 N–H and O–H groups in total. The van der Waals surface area contributed by atoms with Crippen LogP contribution in [0.25, 0.3) is 5.69 Å². The third-order valence-corrected chi connectivity index (χ3v) is 3.54. The molecule has 1 aromatic heterocycles. The number of hydrogen-bond acceptors (Lipinski definition) is 2. The van der Waals surface area contributed by atoms with E-state index in [1.165, 1.54) is 0 Å². The van der Waals surface area contributed by atoms with Crippen LogP contribution in [0.4, 0.5) is 36.6 Å². The minimum atomic E-state index is -5.70. The molecule has 0 bridgehead atoms. The van der Waals surface area contributed by atoms with Crippen molar-refractivity contribution in [1.29, 1.82) is 0 Å². The van der Waals surface area contributed by atoms with Gasteiger partial charge < -0.3 is 5.32 Å². The van der Waals surface area contributed by atoms with E-state index in [1.54, 1.807) is 0 Å². The van der Waals surface area contributed by atoms with E-state index in [-0.39, 0.29) is 4.68 Å². The van der Waals surface area contributed by atoms with Crippen LogP contribution >= 0.6 is 23.2 Å². The van der Waals surface area contributed by atoms with Crippen LogP contribution in [0.15, 0.2) is 0 Å². The van der Waals surface area contributed by atoms with E-state index in [2.05, 4.69) is 5.10 Å². The van der Waals surface area contributed by atoms with Gasteiger partial charge in [-0.05, 0) is 0 Å². The third kappa shape index (κ3) is 3.25. The van der Waals surface area contributed by atoms with E-state index in [9.17, 15) is 35.5 Å². The second kappa shape index (κ2) is 6.37. The van der Waals surface area contributed by atoms with Gasteiger partial charge in [0.25, 0.3) is 0 Å². The zero-order valence-electron chi connectivity index (χ0n) is 11.7. The molecule has 0 fully saturated rings. The summed E-state index contributed by atoms with van der Waals surface area (Å²) in [5, 5.41) is 4.02. The van der Waals surface area contributed by atoms with E-state index in [0.29, 0.717) is 0 Å². The van der Waals surface area contributed by atoms with Crippen LogP contribution in [0.1, 0.15) is 12.5 Å². The first kappa shape index (κ1) is 19.3. The first-order chi connectivity index (χ1) is 11.4. The van der Waals surface area contributed by atoms with Gasteiger partial charge in [0.2, 0.25) is 5.91 Å². The summed E-state index contributed by atoms with van der Waals surface area (Å²) in [5.41, 5.74) is -4.43. The van der Waals surface area contributed by atoms with E-state index in [0.717, 1.165) is 6.92 Å². The number of benzene rings is 1. The number of nitrogens with zero attached hydrogens (tertiary/aromatic N) is 2. The summed E-state index contributed by atoms with van der Waals surface area (Å²) in [6, 6.07) is 0. The third-order valence-electron chi connectivity index (χ3n) is 2.82. The molecular weight excluding hydrogens is 406 g/mol. The van der Waals surface area contributed by atoms with Gasteiger partial charge in [-0.25, -0.2) is 22.2 Å². The maximum absolute atomic E-state index is 14.0. The minimum Gasteiger partial charge on any atom is -0.310 e. The standard InChI is InChI=1S/C12H4Cl2F7N3O/c1-2(25)22-11-4(13)10(14)23-24(11)9-7(17)5(15)3(12(19,20)21)6(16)8(9)18/h1H3,(H,22,25). The number of anilines is 1. The fraction of sp³-hybridized carbons (Fsp3) is 0.167.